The number of ether oxygens (including phenoxy) is 1. The van der Waals surface area contributed by atoms with Crippen LogP contribution in [0.2, 0.25) is 0 Å². The van der Waals surface area contributed by atoms with E-state index in [1.165, 1.54) is 24.3 Å². The summed E-state index contributed by atoms with van der Waals surface area (Å²) in [5, 5.41) is 13.5. The molecule has 0 aliphatic carbocycles. The fourth-order valence-electron chi connectivity index (χ4n) is 4.82. The molecule has 4 rings (SSSR count). The fourth-order valence-corrected chi connectivity index (χ4v) is 4.82. The zero-order chi connectivity index (χ0) is 26.2. The van der Waals surface area contributed by atoms with E-state index in [0.717, 1.165) is 34.7 Å². The number of rotatable bonds is 7. The lowest BCUT2D eigenvalue weighted by atomic mass is 9.87. The molecule has 2 aliphatic rings. The van der Waals surface area contributed by atoms with Crippen molar-refractivity contribution >= 4 is 35.0 Å². The van der Waals surface area contributed by atoms with Gasteiger partial charge in [-0.2, -0.15) is 0 Å². The second-order valence-electron chi connectivity index (χ2n) is 9.55. The van der Waals surface area contributed by atoms with E-state index in [1.54, 1.807) is 13.2 Å². The summed E-state index contributed by atoms with van der Waals surface area (Å²) in [6.07, 6.45) is 4.87. The Morgan fingerprint density at radius 1 is 1.17 bits per heavy atom. The van der Waals surface area contributed by atoms with Crippen LogP contribution in [0.4, 0.5) is 16.2 Å². The Kier molecular flexibility index (Phi) is 6.58. The molecule has 0 atom stereocenters. The van der Waals surface area contributed by atoms with Crippen molar-refractivity contribution in [2.24, 2.45) is 0 Å². The van der Waals surface area contributed by atoms with Gasteiger partial charge < -0.3 is 15.0 Å². The van der Waals surface area contributed by atoms with Crippen LogP contribution in [0.3, 0.4) is 0 Å². The molecule has 2 aromatic rings. The molecule has 0 aromatic heterocycles. The topological polar surface area (TPSA) is 105 Å². The van der Waals surface area contributed by atoms with Gasteiger partial charge >= 0.3 is 6.03 Å². The molecular weight excluding hydrogens is 460 g/mol. The molecule has 0 unspecified atom stereocenters. The van der Waals surface area contributed by atoms with E-state index in [4.69, 9.17) is 4.74 Å². The summed E-state index contributed by atoms with van der Waals surface area (Å²) in [7, 11) is 1.58. The number of amides is 3. The minimum absolute atomic E-state index is 0.00420. The Hall–Kier alpha value is -4.14. The lowest BCUT2D eigenvalue weighted by molar-refractivity contribution is -0.384. The van der Waals surface area contributed by atoms with Crippen molar-refractivity contribution < 1.29 is 19.2 Å². The van der Waals surface area contributed by atoms with Gasteiger partial charge in [-0.15, -0.1) is 0 Å². The van der Waals surface area contributed by atoms with Crippen molar-refractivity contribution in [3.63, 3.8) is 0 Å². The number of imide groups is 1. The quantitative estimate of drug-likeness (QED) is 0.250. The van der Waals surface area contributed by atoms with Gasteiger partial charge in [-0.25, -0.2) is 4.79 Å². The zero-order valence-electron chi connectivity index (χ0n) is 21.1. The second kappa shape index (κ2) is 9.49. The summed E-state index contributed by atoms with van der Waals surface area (Å²) < 4.78 is 5.68. The highest BCUT2D eigenvalue weighted by Crippen LogP contribution is 2.42. The SMILES string of the molecule is CCCN1c2cc(OC)c(/C=C3/NC(=O)N(Cc4ccc([N+](=O)[O-])cc4)C3=O)cc2C(C)=CC1(C)C. The Morgan fingerprint density at radius 2 is 1.86 bits per heavy atom. The maximum atomic E-state index is 13.1. The normalized spacial score (nSPS) is 17.7. The molecule has 1 fully saturated rings. The summed E-state index contributed by atoms with van der Waals surface area (Å²) >= 11 is 0. The predicted molar refractivity (Wildman–Crippen MR) is 139 cm³/mol. The third-order valence-electron chi connectivity index (χ3n) is 6.53. The Morgan fingerprint density at radius 3 is 2.47 bits per heavy atom. The lowest BCUT2D eigenvalue weighted by Crippen LogP contribution is -2.45. The van der Waals surface area contributed by atoms with E-state index >= 15 is 0 Å². The van der Waals surface area contributed by atoms with Crippen LogP contribution >= 0.6 is 0 Å². The van der Waals surface area contributed by atoms with Gasteiger partial charge in [-0.3, -0.25) is 19.8 Å². The third-order valence-corrected chi connectivity index (χ3v) is 6.53. The van der Waals surface area contributed by atoms with Gasteiger partial charge in [-0.05, 0) is 50.5 Å². The van der Waals surface area contributed by atoms with Crippen molar-refractivity contribution in [2.75, 3.05) is 18.6 Å². The van der Waals surface area contributed by atoms with Crippen molar-refractivity contribution in [2.45, 2.75) is 46.2 Å². The summed E-state index contributed by atoms with van der Waals surface area (Å²) in [5.74, 6) is 0.128. The molecule has 1 N–H and O–H groups in total. The molecule has 36 heavy (non-hydrogen) atoms. The maximum absolute atomic E-state index is 13.1. The second-order valence-corrected chi connectivity index (χ2v) is 9.55. The van der Waals surface area contributed by atoms with E-state index in [9.17, 15) is 19.7 Å². The molecule has 9 heteroatoms. The van der Waals surface area contributed by atoms with Crippen LogP contribution in [0, 0.1) is 10.1 Å². The number of methoxy groups -OCH3 is 1. The maximum Gasteiger partial charge on any atom is 0.329 e. The number of carbonyl (C=O) groups excluding carboxylic acids is 2. The number of nitro benzene ring substituents is 1. The fraction of sp³-hybridized carbons (Fsp3) is 0.333. The number of carbonyl (C=O) groups is 2. The molecular formula is C27H30N4O5. The van der Waals surface area contributed by atoms with E-state index in [1.807, 2.05) is 12.1 Å². The molecule has 0 radical (unpaired) electrons. The van der Waals surface area contributed by atoms with Crippen molar-refractivity contribution in [1.29, 1.82) is 0 Å². The highest BCUT2D eigenvalue weighted by atomic mass is 16.6. The minimum Gasteiger partial charge on any atom is -0.496 e. The van der Waals surface area contributed by atoms with Gasteiger partial charge in [-0.1, -0.05) is 25.1 Å². The van der Waals surface area contributed by atoms with Crippen molar-refractivity contribution in [1.82, 2.24) is 10.2 Å². The summed E-state index contributed by atoms with van der Waals surface area (Å²) in [5.41, 5.74) is 4.48. The van der Waals surface area contributed by atoms with Gasteiger partial charge in [0.2, 0.25) is 0 Å². The van der Waals surface area contributed by atoms with Gasteiger partial charge in [0.15, 0.2) is 0 Å². The van der Waals surface area contributed by atoms with Gasteiger partial charge in [0.1, 0.15) is 11.4 Å². The number of benzene rings is 2. The number of hydrogen-bond acceptors (Lipinski definition) is 6. The number of nitrogens with one attached hydrogen (secondary N) is 1. The van der Waals surface area contributed by atoms with Crippen LogP contribution in [0.15, 0.2) is 48.2 Å². The van der Waals surface area contributed by atoms with Gasteiger partial charge in [0.25, 0.3) is 11.6 Å². The zero-order valence-corrected chi connectivity index (χ0v) is 21.1. The number of urea groups is 1. The van der Waals surface area contributed by atoms with Crippen LogP contribution in [0.25, 0.3) is 11.6 Å². The molecule has 0 spiro atoms. The molecule has 2 aliphatic heterocycles. The first-order chi connectivity index (χ1) is 17.1. The van der Waals surface area contributed by atoms with Crippen LogP contribution in [0.5, 0.6) is 5.75 Å². The van der Waals surface area contributed by atoms with Gasteiger partial charge in [0.05, 0.1) is 24.1 Å². The number of hydrogen-bond donors (Lipinski definition) is 1. The average molecular weight is 491 g/mol. The minimum atomic E-state index is -0.548. The Labute approximate surface area is 210 Å². The Bertz CT molecular complexity index is 1290. The highest BCUT2D eigenvalue weighted by Gasteiger charge is 2.35. The first-order valence-corrected chi connectivity index (χ1v) is 11.8. The molecule has 0 bridgehead atoms. The first kappa shape index (κ1) is 25.0. The first-order valence-electron chi connectivity index (χ1n) is 11.8. The van der Waals surface area contributed by atoms with Gasteiger partial charge in [0, 0.05) is 41.6 Å². The standard InChI is InChI=1S/C27H30N4O5/c1-6-11-30-23-14-24(36-5)19(12-21(23)17(2)15-27(30,3)4)13-22-25(32)29(26(33)28-22)16-18-7-9-20(10-8-18)31(34)35/h7-10,12-15H,6,11,16H2,1-5H3,(H,28,33)/b22-13+. The van der Waals surface area contributed by atoms with Crippen LogP contribution in [-0.2, 0) is 11.3 Å². The highest BCUT2D eigenvalue weighted by molar-refractivity contribution is 6.14. The van der Waals surface area contributed by atoms with Crippen molar-refractivity contribution in [3.05, 3.63) is 75.0 Å². The number of nitro groups is 1. The van der Waals surface area contributed by atoms with Crippen LogP contribution in [-0.4, -0.2) is 41.0 Å². The molecule has 0 saturated carbocycles. The summed E-state index contributed by atoms with van der Waals surface area (Å²) in [6, 6.07) is 9.20. The van der Waals surface area contributed by atoms with Crippen molar-refractivity contribution in [3.8, 4) is 5.75 Å². The molecule has 188 valence electrons. The molecule has 1 saturated heterocycles. The third kappa shape index (κ3) is 4.56. The number of anilines is 1. The largest absolute Gasteiger partial charge is 0.496 e. The monoisotopic (exact) mass is 490 g/mol. The predicted octanol–water partition coefficient (Wildman–Crippen LogP) is 5.11. The molecule has 3 amide bonds. The average Bonchev–Trinajstić information content (AvgIpc) is 3.09. The van der Waals surface area contributed by atoms with Crippen LogP contribution in [0.1, 0.15) is 50.8 Å². The van der Waals surface area contributed by atoms with E-state index < -0.39 is 16.9 Å². The van der Waals surface area contributed by atoms with Crippen LogP contribution < -0.4 is 15.0 Å². The van der Waals surface area contributed by atoms with E-state index in [-0.39, 0.29) is 23.5 Å². The molecule has 9 nitrogen and oxygen atoms in total. The number of fused-ring (bicyclic) bond motifs is 1. The molecule has 2 heterocycles. The summed E-state index contributed by atoms with van der Waals surface area (Å²) in [4.78, 5) is 39.5. The smallest absolute Gasteiger partial charge is 0.329 e. The Balaban J connectivity index is 1.66. The van der Waals surface area contributed by atoms with E-state index in [2.05, 4.69) is 44.0 Å². The number of nitrogens with zero attached hydrogens (tertiary/aromatic N) is 3. The number of non-ortho nitro benzene ring substituents is 1. The van der Waals surface area contributed by atoms with E-state index in [0.29, 0.717) is 16.9 Å². The lowest BCUT2D eigenvalue weighted by Gasteiger charge is -2.43. The number of allylic oxidation sites excluding steroid dienone is 1. The molecule has 2 aromatic carbocycles. The summed E-state index contributed by atoms with van der Waals surface area (Å²) in [6.45, 7) is 9.48.